The van der Waals surface area contributed by atoms with E-state index in [1.54, 1.807) is 0 Å². The van der Waals surface area contributed by atoms with Crippen LogP contribution in [0.5, 0.6) is 0 Å². The number of nitrogens with zero attached hydrogens (tertiary/aromatic N) is 1. The number of hydrogen-bond donors (Lipinski definition) is 2. The zero-order chi connectivity index (χ0) is 15.5. The third kappa shape index (κ3) is 4.17. The summed E-state index contributed by atoms with van der Waals surface area (Å²) in [5.74, 6) is 0.354. The van der Waals surface area contributed by atoms with Gasteiger partial charge in [-0.25, -0.2) is 13.1 Å². The minimum absolute atomic E-state index is 0.134. The predicted molar refractivity (Wildman–Crippen MR) is 82.8 cm³/mol. The first kappa shape index (κ1) is 16.7. The normalized spacial score (nSPS) is 20.0. The van der Waals surface area contributed by atoms with Crippen LogP contribution >= 0.6 is 11.6 Å². The molecule has 0 bridgehead atoms. The zero-order valence-corrected chi connectivity index (χ0v) is 13.6. The first-order valence-corrected chi connectivity index (χ1v) is 8.93. The Kier molecular flexibility index (Phi) is 5.62. The molecule has 0 saturated carbocycles. The summed E-state index contributed by atoms with van der Waals surface area (Å²) in [5, 5.41) is 9.32. The molecule has 0 spiro atoms. The number of halogens is 1. The van der Waals surface area contributed by atoms with E-state index in [4.69, 9.17) is 16.7 Å². The largest absolute Gasteiger partial charge is 0.392 e. The van der Waals surface area contributed by atoms with Crippen LogP contribution in [0.15, 0.2) is 23.1 Å². The lowest BCUT2D eigenvalue weighted by molar-refractivity contribution is 0.282. The molecule has 0 amide bonds. The molecule has 5 nitrogen and oxygen atoms in total. The summed E-state index contributed by atoms with van der Waals surface area (Å²) in [6.07, 6.45) is 1.01. The molecule has 1 aromatic rings. The van der Waals surface area contributed by atoms with Crippen molar-refractivity contribution in [3.63, 3.8) is 0 Å². The lowest BCUT2D eigenvalue weighted by atomic mass is 10.1. The van der Waals surface area contributed by atoms with Crippen molar-refractivity contribution < 1.29 is 13.5 Å². The summed E-state index contributed by atoms with van der Waals surface area (Å²) in [5.41, 5.74) is 0.519. The number of aliphatic hydroxyl groups excluding tert-OH is 1. The van der Waals surface area contributed by atoms with Gasteiger partial charge in [-0.1, -0.05) is 24.6 Å². The van der Waals surface area contributed by atoms with Crippen LogP contribution in [0.2, 0.25) is 5.02 Å². The Bertz CT molecular complexity index is 592. The Morgan fingerprint density at radius 2 is 2.24 bits per heavy atom. The van der Waals surface area contributed by atoms with Crippen LogP contribution in [0.3, 0.4) is 0 Å². The van der Waals surface area contributed by atoms with Crippen molar-refractivity contribution in [1.82, 2.24) is 9.62 Å². The van der Waals surface area contributed by atoms with Gasteiger partial charge in [0, 0.05) is 18.1 Å². The van der Waals surface area contributed by atoms with E-state index in [2.05, 4.69) is 16.5 Å². The Morgan fingerprint density at radius 1 is 1.48 bits per heavy atom. The minimum atomic E-state index is -3.55. The summed E-state index contributed by atoms with van der Waals surface area (Å²) >= 11 is 5.94. The Balaban J connectivity index is 2.00. The van der Waals surface area contributed by atoms with Crippen molar-refractivity contribution in [2.75, 3.05) is 26.2 Å². The van der Waals surface area contributed by atoms with E-state index >= 15 is 0 Å². The van der Waals surface area contributed by atoms with Crippen molar-refractivity contribution >= 4 is 21.6 Å². The highest BCUT2D eigenvalue weighted by molar-refractivity contribution is 7.89. The molecule has 21 heavy (non-hydrogen) atoms. The number of benzene rings is 1. The smallest absolute Gasteiger partial charge is 0.240 e. The molecule has 1 aliphatic rings. The van der Waals surface area contributed by atoms with Gasteiger partial charge in [0.1, 0.15) is 0 Å². The van der Waals surface area contributed by atoms with Crippen molar-refractivity contribution in [2.45, 2.75) is 24.8 Å². The highest BCUT2D eigenvalue weighted by Gasteiger charge is 2.23. The quantitative estimate of drug-likeness (QED) is 0.827. The molecule has 118 valence electrons. The number of rotatable bonds is 6. The number of likely N-dealkylation sites (tertiary alicyclic amines) is 1. The Hall–Kier alpha value is -0.660. The van der Waals surface area contributed by atoms with Crippen LogP contribution in [0.1, 0.15) is 18.9 Å². The molecule has 7 heteroatoms. The molecule has 0 aromatic heterocycles. The maximum Gasteiger partial charge on any atom is 0.240 e. The highest BCUT2D eigenvalue weighted by Crippen LogP contribution is 2.21. The van der Waals surface area contributed by atoms with Gasteiger partial charge in [-0.15, -0.1) is 0 Å². The van der Waals surface area contributed by atoms with E-state index in [-0.39, 0.29) is 16.5 Å². The van der Waals surface area contributed by atoms with Gasteiger partial charge in [0.15, 0.2) is 0 Å². The van der Waals surface area contributed by atoms with Crippen LogP contribution in [-0.4, -0.2) is 44.6 Å². The fourth-order valence-corrected chi connectivity index (χ4v) is 3.95. The van der Waals surface area contributed by atoms with Crippen molar-refractivity contribution in [1.29, 1.82) is 0 Å². The molecule has 2 rings (SSSR count). The van der Waals surface area contributed by atoms with E-state index in [0.29, 0.717) is 18.0 Å². The molecule has 1 aliphatic heterocycles. The van der Waals surface area contributed by atoms with Gasteiger partial charge in [-0.3, -0.25) is 0 Å². The lowest BCUT2D eigenvalue weighted by Crippen LogP contribution is -2.31. The highest BCUT2D eigenvalue weighted by atomic mass is 35.5. The third-order valence-electron chi connectivity index (χ3n) is 3.88. The zero-order valence-electron chi connectivity index (χ0n) is 12.0. The standard InChI is InChI=1S/C14H21ClN2O3S/c1-2-17-6-5-11(9-17)8-16-21(19,20)13-4-3-12(10-18)14(15)7-13/h3-4,7,11,16,18H,2,5-6,8-10H2,1H3. The van der Waals surface area contributed by atoms with Gasteiger partial charge in [-0.2, -0.15) is 0 Å². The summed E-state index contributed by atoms with van der Waals surface area (Å²) in [6.45, 7) is 5.31. The van der Waals surface area contributed by atoms with E-state index < -0.39 is 10.0 Å². The number of aliphatic hydroxyl groups is 1. The second kappa shape index (κ2) is 7.07. The van der Waals surface area contributed by atoms with Crippen molar-refractivity contribution in [2.24, 2.45) is 5.92 Å². The fourth-order valence-electron chi connectivity index (χ4n) is 2.50. The predicted octanol–water partition coefficient (Wildman–Crippen LogP) is 1.45. The van der Waals surface area contributed by atoms with Crippen molar-refractivity contribution in [3.8, 4) is 0 Å². The van der Waals surface area contributed by atoms with Crippen LogP contribution in [0.4, 0.5) is 0 Å². The summed E-state index contributed by atoms with van der Waals surface area (Å²) in [4.78, 5) is 2.45. The van der Waals surface area contributed by atoms with E-state index in [1.807, 2.05) is 0 Å². The molecular formula is C14H21ClN2O3S. The fraction of sp³-hybridized carbons (Fsp3) is 0.571. The maximum atomic E-state index is 12.2. The summed E-state index contributed by atoms with van der Waals surface area (Å²) in [6, 6.07) is 4.38. The number of hydrogen-bond acceptors (Lipinski definition) is 4. The maximum absolute atomic E-state index is 12.2. The van der Waals surface area contributed by atoms with E-state index in [9.17, 15) is 8.42 Å². The molecule has 1 fully saturated rings. The topological polar surface area (TPSA) is 69.6 Å². The third-order valence-corrected chi connectivity index (χ3v) is 5.66. The molecule has 2 N–H and O–H groups in total. The van der Waals surface area contributed by atoms with Gasteiger partial charge < -0.3 is 10.0 Å². The molecule has 1 saturated heterocycles. The molecule has 0 radical (unpaired) electrons. The molecule has 1 atom stereocenters. The molecular weight excluding hydrogens is 312 g/mol. The van der Waals surface area contributed by atoms with Crippen LogP contribution in [-0.2, 0) is 16.6 Å². The second-order valence-electron chi connectivity index (χ2n) is 5.31. The first-order valence-electron chi connectivity index (χ1n) is 7.07. The molecule has 0 aliphatic carbocycles. The lowest BCUT2D eigenvalue weighted by Gasteiger charge is -2.14. The summed E-state index contributed by atoms with van der Waals surface area (Å²) in [7, 11) is -3.55. The average Bonchev–Trinajstić information content (AvgIpc) is 2.93. The number of nitrogens with one attached hydrogen (secondary N) is 1. The Labute approximate surface area is 131 Å². The van der Waals surface area contributed by atoms with Gasteiger partial charge >= 0.3 is 0 Å². The van der Waals surface area contributed by atoms with Crippen LogP contribution in [0, 0.1) is 5.92 Å². The second-order valence-corrected chi connectivity index (χ2v) is 7.49. The summed E-state index contributed by atoms with van der Waals surface area (Å²) < 4.78 is 27.1. The minimum Gasteiger partial charge on any atom is -0.392 e. The van der Waals surface area contributed by atoms with E-state index in [1.165, 1.54) is 18.2 Å². The SMILES string of the molecule is CCN1CCC(CNS(=O)(=O)c2ccc(CO)c(Cl)c2)C1. The van der Waals surface area contributed by atoms with Gasteiger partial charge in [0.2, 0.25) is 10.0 Å². The Morgan fingerprint density at radius 3 is 2.81 bits per heavy atom. The monoisotopic (exact) mass is 332 g/mol. The first-order chi connectivity index (χ1) is 9.96. The molecule has 1 unspecified atom stereocenters. The van der Waals surface area contributed by atoms with E-state index in [0.717, 1.165) is 26.1 Å². The van der Waals surface area contributed by atoms with Gasteiger partial charge in [0.25, 0.3) is 0 Å². The number of sulfonamides is 1. The molecule has 1 heterocycles. The van der Waals surface area contributed by atoms with Crippen LogP contribution in [0.25, 0.3) is 0 Å². The van der Waals surface area contributed by atoms with Gasteiger partial charge in [-0.05, 0) is 43.1 Å². The van der Waals surface area contributed by atoms with Gasteiger partial charge in [0.05, 0.1) is 11.5 Å². The van der Waals surface area contributed by atoms with Crippen LogP contribution < -0.4 is 4.72 Å². The average molecular weight is 333 g/mol. The van der Waals surface area contributed by atoms with Crippen molar-refractivity contribution in [3.05, 3.63) is 28.8 Å². The molecule has 1 aromatic carbocycles.